The molecular formula is C9H16O4. The normalized spacial score (nSPS) is 24.2. The summed E-state index contributed by atoms with van der Waals surface area (Å²) >= 11 is 0. The molecule has 4 heteroatoms. The molecule has 1 aliphatic carbocycles. The first-order valence-corrected chi connectivity index (χ1v) is 4.50. The minimum absolute atomic E-state index is 0.296. The van der Waals surface area contributed by atoms with Crippen LogP contribution in [-0.4, -0.2) is 22.2 Å². The van der Waals surface area contributed by atoms with Crippen LogP contribution in [0.5, 0.6) is 0 Å². The molecule has 2 unspecified atom stereocenters. The van der Waals surface area contributed by atoms with Gasteiger partial charge in [-0.3, -0.25) is 9.59 Å². The molecule has 1 saturated carbocycles. The number of hydrogen-bond donors (Lipinski definition) is 2. The van der Waals surface area contributed by atoms with Crippen LogP contribution in [0.15, 0.2) is 0 Å². The third kappa shape index (κ3) is 4.50. The van der Waals surface area contributed by atoms with E-state index in [9.17, 15) is 9.59 Å². The third-order valence-corrected chi connectivity index (χ3v) is 1.92. The molecule has 2 N–H and O–H groups in total. The molecule has 0 aromatic carbocycles. The maximum absolute atomic E-state index is 10.0. The van der Waals surface area contributed by atoms with Gasteiger partial charge in [-0.25, -0.2) is 0 Å². The predicted molar refractivity (Wildman–Crippen MR) is 47.5 cm³/mol. The Hall–Kier alpha value is -1.06. The molecule has 0 heterocycles. The van der Waals surface area contributed by atoms with Gasteiger partial charge in [-0.15, -0.1) is 0 Å². The SMILES string of the molecule is CCCC.O=C(O)C1CC1C(=O)O. The van der Waals surface area contributed by atoms with Crippen molar-refractivity contribution >= 4 is 11.9 Å². The molecule has 1 aliphatic rings. The first-order chi connectivity index (χ1) is 6.04. The second-order valence-electron chi connectivity index (χ2n) is 3.13. The molecule has 4 nitrogen and oxygen atoms in total. The van der Waals surface area contributed by atoms with Gasteiger partial charge < -0.3 is 10.2 Å². The number of carboxylic acid groups (broad SMARTS) is 2. The number of rotatable bonds is 3. The summed E-state index contributed by atoms with van der Waals surface area (Å²) in [5.41, 5.74) is 0. The van der Waals surface area contributed by atoms with Crippen molar-refractivity contribution in [2.45, 2.75) is 33.1 Å². The Balaban J connectivity index is 0.000000310. The highest BCUT2D eigenvalue weighted by Crippen LogP contribution is 2.38. The molecule has 0 aliphatic heterocycles. The van der Waals surface area contributed by atoms with Crippen LogP contribution in [0, 0.1) is 11.8 Å². The summed E-state index contributed by atoms with van der Waals surface area (Å²) in [4.78, 5) is 20.0. The van der Waals surface area contributed by atoms with E-state index >= 15 is 0 Å². The van der Waals surface area contributed by atoms with Gasteiger partial charge in [0.2, 0.25) is 0 Å². The average Bonchev–Trinajstić information content (AvgIpc) is 2.83. The number of carboxylic acids is 2. The van der Waals surface area contributed by atoms with Gasteiger partial charge in [0.05, 0.1) is 11.8 Å². The van der Waals surface area contributed by atoms with Crippen LogP contribution in [-0.2, 0) is 9.59 Å². The number of unbranched alkanes of at least 4 members (excludes halogenated alkanes) is 1. The van der Waals surface area contributed by atoms with Crippen molar-refractivity contribution in [2.24, 2.45) is 11.8 Å². The highest BCUT2D eigenvalue weighted by molar-refractivity contribution is 5.85. The minimum Gasteiger partial charge on any atom is -0.481 e. The lowest BCUT2D eigenvalue weighted by atomic mass is 10.3. The maximum Gasteiger partial charge on any atom is 0.307 e. The monoisotopic (exact) mass is 188 g/mol. The fourth-order valence-corrected chi connectivity index (χ4v) is 0.741. The molecule has 13 heavy (non-hydrogen) atoms. The fraction of sp³-hybridized carbons (Fsp3) is 0.778. The van der Waals surface area contributed by atoms with Gasteiger partial charge >= 0.3 is 11.9 Å². The van der Waals surface area contributed by atoms with E-state index in [0.717, 1.165) is 0 Å². The maximum atomic E-state index is 10.0. The Bertz CT molecular complexity index is 168. The second kappa shape index (κ2) is 5.56. The molecule has 1 fully saturated rings. The smallest absolute Gasteiger partial charge is 0.307 e. The first kappa shape index (κ1) is 11.9. The molecule has 2 atom stereocenters. The van der Waals surface area contributed by atoms with Crippen molar-refractivity contribution in [3.05, 3.63) is 0 Å². The van der Waals surface area contributed by atoms with Crippen molar-refractivity contribution in [2.75, 3.05) is 0 Å². The van der Waals surface area contributed by atoms with Crippen LogP contribution in [0.2, 0.25) is 0 Å². The summed E-state index contributed by atoms with van der Waals surface area (Å²) < 4.78 is 0. The summed E-state index contributed by atoms with van der Waals surface area (Å²) in [5, 5.41) is 16.4. The van der Waals surface area contributed by atoms with E-state index in [1.54, 1.807) is 0 Å². The van der Waals surface area contributed by atoms with Crippen molar-refractivity contribution in [1.29, 1.82) is 0 Å². The Morgan fingerprint density at radius 1 is 1.08 bits per heavy atom. The van der Waals surface area contributed by atoms with Crippen molar-refractivity contribution < 1.29 is 19.8 Å². The van der Waals surface area contributed by atoms with E-state index in [0.29, 0.717) is 6.42 Å². The van der Waals surface area contributed by atoms with Crippen molar-refractivity contribution in [3.8, 4) is 0 Å². The highest BCUT2D eigenvalue weighted by Gasteiger charge is 2.48. The second-order valence-corrected chi connectivity index (χ2v) is 3.13. The van der Waals surface area contributed by atoms with Gasteiger partial charge in [0.1, 0.15) is 0 Å². The lowest BCUT2D eigenvalue weighted by molar-refractivity contribution is -0.144. The zero-order valence-corrected chi connectivity index (χ0v) is 7.99. The Labute approximate surface area is 77.6 Å². The average molecular weight is 188 g/mol. The van der Waals surface area contributed by atoms with Crippen molar-refractivity contribution in [1.82, 2.24) is 0 Å². The lowest BCUT2D eigenvalue weighted by Crippen LogP contribution is -2.05. The Morgan fingerprint density at radius 2 is 1.38 bits per heavy atom. The van der Waals surface area contributed by atoms with Crippen LogP contribution >= 0.6 is 0 Å². The lowest BCUT2D eigenvalue weighted by Gasteiger charge is -1.84. The van der Waals surface area contributed by atoms with E-state index < -0.39 is 23.8 Å². The molecule has 0 aromatic heterocycles. The number of aliphatic carboxylic acids is 2. The highest BCUT2D eigenvalue weighted by atomic mass is 16.4. The Kier molecular flexibility index (Phi) is 5.11. The summed E-state index contributed by atoms with van der Waals surface area (Å²) in [6.07, 6.45) is 2.94. The van der Waals surface area contributed by atoms with E-state index in [1.165, 1.54) is 12.8 Å². The summed E-state index contributed by atoms with van der Waals surface area (Å²) in [5.74, 6) is -3.24. The van der Waals surface area contributed by atoms with Gasteiger partial charge in [0.15, 0.2) is 0 Å². The molecular weight excluding hydrogens is 172 g/mol. The largest absolute Gasteiger partial charge is 0.481 e. The molecule has 0 bridgehead atoms. The van der Waals surface area contributed by atoms with Crippen LogP contribution < -0.4 is 0 Å². The van der Waals surface area contributed by atoms with Crippen molar-refractivity contribution in [3.63, 3.8) is 0 Å². The van der Waals surface area contributed by atoms with Crippen LogP contribution in [0.1, 0.15) is 33.1 Å². The summed E-state index contributed by atoms with van der Waals surface area (Å²) in [6, 6.07) is 0. The zero-order chi connectivity index (χ0) is 10.4. The summed E-state index contributed by atoms with van der Waals surface area (Å²) in [6.45, 7) is 4.36. The standard InChI is InChI=1S/C5H6O4.C4H10/c6-4(7)2-1-3(2)5(8)9;1-3-4-2/h2-3H,1H2,(H,6,7)(H,8,9);3-4H2,1-2H3. The molecule has 0 amide bonds. The quantitative estimate of drug-likeness (QED) is 0.705. The van der Waals surface area contributed by atoms with Gasteiger partial charge in [-0.05, 0) is 6.42 Å². The van der Waals surface area contributed by atoms with Gasteiger partial charge in [-0.1, -0.05) is 26.7 Å². The fourth-order valence-electron chi connectivity index (χ4n) is 0.741. The van der Waals surface area contributed by atoms with E-state index in [-0.39, 0.29) is 0 Å². The van der Waals surface area contributed by atoms with Gasteiger partial charge in [0, 0.05) is 0 Å². The third-order valence-electron chi connectivity index (χ3n) is 1.92. The van der Waals surface area contributed by atoms with Crippen LogP contribution in [0.3, 0.4) is 0 Å². The van der Waals surface area contributed by atoms with Gasteiger partial charge in [-0.2, -0.15) is 0 Å². The first-order valence-electron chi connectivity index (χ1n) is 4.50. The summed E-state index contributed by atoms with van der Waals surface area (Å²) in [7, 11) is 0. The van der Waals surface area contributed by atoms with Crippen LogP contribution in [0.25, 0.3) is 0 Å². The minimum atomic E-state index is -0.998. The number of carbonyl (C=O) groups is 2. The molecule has 0 aromatic rings. The van der Waals surface area contributed by atoms with E-state index in [4.69, 9.17) is 10.2 Å². The number of hydrogen-bond acceptors (Lipinski definition) is 2. The van der Waals surface area contributed by atoms with E-state index in [1.807, 2.05) is 0 Å². The van der Waals surface area contributed by atoms with Gasteiger partial charge in [0.25, 0.3) is 0 Å². The topological polar surface area (TPSA) is 74.6 Å². The molecule has 76 valence electrons. The zero-order valence-electron chi connectivity index (χ0n) is 7.99. The van der Waals surface area contributed by atoms with E-state index in [2.05, 4.69) is 13.8 Å². The molecule has 0 spiro atoms. The molecule has 1 rings (SSSR count). The van der Waals surface area contributed by atoms with Crippen LogP contribution in [0.4, 0.5) is 0 Å². The Morgan fingerprint density at radius 3 is 1.46 bits per heavy atom. The molecule has 0 radical (unpaired) electrons. The predicted octanol–water partition coefficient (Wildman–Crippen LogP) is 1.60. The molecule has 0 saturated heterocycles.